The summed E-state index contributed by atoms with van der Waals surface area (Å²) < 4.78 is 0. The molecule has 0 aromatic heterocycles. The minimum Gasteiger partial charge on any atom is -0.481 e. The van der Waals surface area contributed by atoms with Crippen LogP contribution < -0.4 is 0 Å². The van der Waals surface area contributed by atoms with E-state index in [9.17, 15) is 9.90 Å². The van der Waals surface area contributed by atoms with Gasteiger partial charge in [0.1, 0.15) is 0 Å². The molecule has 0 rings (SSSR count). The molecule has 4 nitrogen and oxygen atoms in total. The van der Waals surface area contributed by atoms with Gasteiger partial charge < -0.3 is 14.9 Å². The fourth-order valence-corrected chi connectivity index (χ4v) is 2.15. The second-order valence-electron chi connectivity index (χ2n) is 4.67. The SMILES string of the molecule is CCN(CC)CCC(CCN(CC)CC)C(=O)O. The highest BCUT2D eigenvalue weighted by molar-refractivity contribution is 5.69. The van der Waals surface area contributed by atoms with Crippen molar-refractivity contribution in [2.45, 2.75) is 40.5 Å². The molecule has 0 atom stereocenters. The van der Waals surface area contributed by atoms with Gasteiger partial charge in [0.25, 0.3) is 0 Å². The van der Waals surface area contributed by atoms with E-state index in [1.54, 1.807) is 0 Å². The van der Waals surface area contributed by atoms with Gasteiger partial charge in [-0.15, -0.1) is 0 Å². The van der Waals surface area contributed by atoms with Crippen LogP contribution in [0.1, 0.15) is 40.5 Å². The van der Waals surface area contributed by atoms with E-state index in [1.807, 2.05) is 0 Å². The maximum absolute atomic E-state index is 11.2. The average Bonchev–Trinajstić information content (AvgIpc) is 2.37. The van der Waals surface area contributed by atoms with Crippen molar-refractivity contribution >= 4 is 5.97 Å². The van der Waals surface area contributed by atoms with E-state index in [4.69, 9.17) is 0 Å². The van der Waals surface area contributed by atoms with Crippen LogP contribution in [-0.4, -0.2) is 60.1 Å². The summed E-state index contributed by atoms with van der Waals surface area (Å²) in [7, 11) is 0. The van der Waals surface area contributed by atoms with Crippen LogP contribution in [0.15, 0.2) is 0 Å². The fraction of sp³-hybridized carbons (Fsp3) is 0.929. The van der Waals surface area contributed by atoms with Gasteiger partial charge in [-0.25, -0.2) is 0 Å². The minimum atomic E-state index is -0.644. The van der Waals surface area contributed by atoms with Gasteiger partial charge in [-0.05, 0) is 52.1 Å². The lowest BCUT2D eigenvalue weighted by Crippen LogP contribution is -2.31. The third-order valence-electron chi connectivity index (χ3n) is 3.73. The molecule has 108 valence electrons. The molecule has 0 fully saturated rings. The highest BCUT2D eigenvalue weighted by Crippen LogP contribution is 2.11. The first-order valence-electron chi connectivity index (χ1n) is 7.26. The molecule has 0 radical (unpaired) electrons. The number of carboxylic acids is 1. The van der Waals surface area contributed by atoms with Gasteiger partial charge in [0, 0.05) is 0 Å². The van der Waals surface area contributed by atoms with Crippen LogP contribution in [0.25, 0.3) is 0 Å². The summed E-state index contributed by atoms with van der Waals surface area (Å²) in [5.74, 6) is -0.847. The van der Waals surface area contributed by atoms with Crippen molar-refractivity contribution in [3.8, 4) is 0 Å². The first-order valence-corrected chi connectivity index (χ1v) is 7.26. The van der Waals surface area contributed by atoms with Gasteiger partial charge in [-0.2, -0.15) is 0 Å². The van der Waals surface area contributed by atoms with Crippen molar-refractivity contribution in [2.75, 3.05) is 39.3 Å². The molecule has 0 aromatic rings. The van der Waals surface area contributed by atoms with Crippen LogP contribution in [0.5, 0.6) is 0 Å². The Morgan fingerprint density at radius 1 is 0.889 bits per heavy atom. The van der Waals surface area contributed by atoms with Crippen molar-refractivity contribution in [1.82, 2.24) is 9.80 Å². The molecule has 0 bridgehead atoms. The number of nitrogens with zero attached hydrogens (tertiary/aromatic N) is 2. The zero-order valence-corrected chi connectivity index (χ0v) is 12.5. The smallest absolute Gasteiger partial charge is 0.306 e. The number of aliphatic carboxylic acids is 1. The lowest BCUT2D eigenvalue weighted by Gasteiger charge is -2.23. The Morgan fingerprint density at radius 3 is 1.44 bits per heavy atom. The summed E-state index contributed by atoms with van der Waals surface area (Å²) in [6.07, 6.45) is 1.52. The molecule has 0 aliphatic heterocycles. The van der Waals surface area contributed by atoms with Gasteiger partial charge in [-0.1, -0.05) is 27.7 Å². The summed E-state index contributed by atoms with van der Waals surface area (Å²) in [5, 5.41) is 9.25. The summed E-state index contributed by atoms with van der Waals surface area (Å²) in [5.41, 5.74) is 0. The molecule has 4 heteroatoms. The van der Waals surface area contributed by atoms with E-state index >= 15 is 0 Å². The van der Waals surface area contributed by atoms with Crippen molar-refractivity contribution in [1.29, 1.82) is 0 Å². The van der Waals surface area contributed by atoms with Crippen molar-refractivity contribution in [2.24, 2.45) is 5.92 Å². The summed E-state index contributed by atoms with van der Waals surface area (Å²) in [6.45, 7) is 14.3. The molecular formula is C14H30N2O2. The maximum atomic E-state index is 11.2. The third kappa shape index (κ3) is 6.97. The molecule has 0 amide bonds. The Kier molecular flexibility index (Phi) is 9.98. The largest absolute Gasteiger partial charge is 0.481 e. The molecule has 0 unspecified atom stereocenters. The zero-order valence-electron chi connectivity index (χ0n) is 12.5. The van der Waals surface area contributed by atoms with Crippen LogP contribution in [0.3, 0.4) is 0 Å². The van der Waals surface area contributed by atoms with Crippen LogP contribution in [0.2, 0.25) is 0 Å². The molecular weight excluding hydrogens is 228 g/mol. The Balaban J connectivity index is 4.10. The van der Waals surface area contributed by atoms with Gasteiger partial charge in [-0.3, -0.25) is 4.79 Å². The van der Waals surface area contributed by atoms with Crippen molar-refractivity contribution in [3.63, 3.8) is 0 Å². The monoisotopic (exact) mass is 258 g/mol. The first-order chi connectivity index (χ1) is 8.58. The van der Waals surface area contributed by atoms with Crippen molar-refractivity contribution in [3.05, 3.63) is 0 Å². The quantitative estimate of drug-likeness (QED) is 0.617. The van der Waals surface area contributed by atoms with E-state index in [0.29, 0.717) is 0 Å². The average molecular weight is 258 g/mol. The van der Waals surface area contributed by atoms with E-state index < -0.39 is 5.97 Å². The molecule has 0 saturated carbocycles. The molecule has 0 aliphatic rings. The van der Waals surface area contributed by atoms with Crippen LogP contribution in [0, 0.1) is 5.92 Å². The highest BCUT2D eigenvalue weighted by atomic mass is 16.4. The predicted octanol–water partition coefficient (Wildman–Crippen LogP) is 2.15. The summed E-state index contributed by atoms with van der Waals surface area (Å²) >= 11 is 0. The predicted molar refractivity (Wildman–Crippen MR) is 75.9 cm³/mol. The van der Waals surface area contributed by atoms with E-state index in [2.05, 4.69) is 37.5 Å². The van der Waals surface area contributed by atoms with E-state index in [1.165, 1.54) is 0 Å². The van der Waals surface area contributed by atoms with Crippen LogP contribution in [-0.2, 0) is 4.79 Å². The Morgan fingerprint density at radius 2 is 1.22 bits per heavy atom. The maximum Gasteiger partial charge on any atom is 0.306 e. The molecule has 0 aromatic carbocycles. The number of hydrogen-bond donors (Lipinski definition) is 1. The lowest BCUT2D eigenvalue weighted by molar-refractivity contribution is -0.142. The van der Waals surface area contributed by atoms with Gasteiger partial charge in [0.05, 0.1) is 5.92 Å². The molecule has 0 saturated heterocycles. The minimum absolute atomic E-state index is 0.203. The number of carbonyl (C=O) groups is 1. The molecule has 0 heterocycles. The Hall–Kier alpha value is -0.610. The third-order valence-corrected chi connectivity index (χ3v) is 3.73. The fourth-order valence-electron chi connectivity index (χ4n) is 2.15. The Labute approximate surface area is 112 Å². The summed E-state index contributed by atoms with van der Waals surface area (Å²) in [6, 6.07) is 0. The zero-order chi connectivity index (χ0) is 14.0. The van der Waals surface area contributed by atoms with Gasteiger partial charge in [0.2, 0.25) is 0 Å². The van der Waals surface area contributed by atoms with E-state index in [0.717, 1.165) is 52.1 Å². The van der Waals surface area contributed by atoms with E-state index in [-0.39, 0.29) is 5.92 Å². The Bertz CT molecular complexity index is 198. The highest BCUT2D eigenvalue weighted by Gasteiger charge is 2.18. The molecule has 1 N–H and O–H groups in total. The molecule has 0 spiro atoms. The number of rotatable bonds is 11. The van der Waals surface area contributed by atoms with Gasteiger partial charge in [0.15, 0.2) is 0 Å². The first kappa shape index (κ1) is 17.4. The lowest BCUT2D eigenvalue weighted by atomic mass is 10.0. The summed E-state index contributed by atoms with van der Waals surface area (Å²) in [4.78, 5) is 15.8. The molecule has 0 aliphatic carbocycles. The second-order valence-corrected chi connectivity index (χ2v) is 4.67. The normalized spacial score (nSPS) is 11.7. The standard InChI is InChI=1S/C14H30N2O2/c1-5-15(6-2)11-9-13(14(17)18)10-12-16(7-3)8-4/h13H,5-12H2,1-4H3,(H,17,18). The van der Waals surface area contributed by atoms with Gasteiger partial charge >= 0.3 is 5.97 Å². The number of carboxylic acid groups (broad SMARTS) is 1. The number of hydrogen-bond acceptors (Lipinski definition) is 3. The topological polar surface area (TPSA) is 43.8 Å². The second kappa shape index (κ2) is 10.3. The van der Waals surface area contributed by atoms with Crippen LogP contribution in [0.4, 0.5) is 0 Å². The molecule has 18 heavy (non-hydrogen) atoms. The van der Waals surface area contributed by atoms with Crippen molar-refractivity contribution < 1.29 is 9.90 Å². The van der Waals surface area contributed by atoms with Crippen LogP contribution >= 0.6 is 0 Å².